The summed E-state index contributed by atoms with van der Waals surface area (Å²) in [5.41, 5.74) is 9.17. The number of aliphatic carboxylic acids is 2. The molecule has 0 aliphatic carbocycles. The maximum atomic E-state index is 14.3. The van der Waals surface area contributed by atoms with Crippen molar-refractivity contribution in [3.8, 4) is 11.5 Å². The molecule has 2 atom stereocenters. The van der Waals surface area contributed by atoms with Gasteiger partial charge in [0.15, 0.2) is 17.5 Å². The molecule has 278 valence electrons. The Labute approximate surface area is 312 Å². The lowest BCUT2D eigenvalue weighted by atomic mass is 9.99. The highest BCUT2D eigenvalue weighted by Gasteiger charge is 2.31. The lowest BCUT2D eigenvalue weighted by Crippen LogP contribution is -2.39. The van der Waals surface area contributed by atoms with Crippen molar-refractivity contribution in [3.63, 3.8) is 0 Å². The van der Waals surface area contributed by atoms with Crippen molar-refractivity contribution in [2.24, 2.45) is 5.73 Å². The van der Waals surface area contributed by atoms with E-state index in [0.717, 1.165) is 18.1 Å². The first-order chi connectivity index (χ1) is 25.9. The lowest BCUT2D eigenvalue weighted by Gasteiger charge is -2.26. The van der Waals surface area contributed by atoms with E-state index in [0.29, 0.717) is 22.6 Å². The number of nitrogens with one attached hydrogen (secondary N) is 4. The van der Waals surface area contributed by atoms with E-state index in [-0.39, 0.29) is 41.8 Å². The molecule has 13 heteroatoms. The number of ether oxygens (including phenoxy) is 2. The van der Waals surface area contributed by atoms with Crippen LogP contribution in [0.5, 0.6) is 11.5 Å². The van der Waals surface area contributed by atoms with Crippen LogP contribution < -0.4 is 31.2 Å². The van der Waals surface area contributed by atoms with Crippen LogP contribution in [0.4, 0.5) is 11.4 Å². The number of carbonyl (C=O) groups excluding carboxylic acids is 2. The van der Waals surface area contributed by atoms with Crippen molar-refractivity contribution in [2.75, 3.05) is 17.7 Å². The van der Waals surface area contributed by atoms with Crippen molar-refractivity contribution in [1.29, 1.82) is 5.41 Å². The molecule has 0 aromatic heterocycles. The Kier molecular flexibility index (Phi) is 14.3. The molecule has 8 N–H and O–H groups in total. The normalized spacial score (nSPS) is 11.4. The molecule has 54 heavy (non-hydrogen) atoms. The van der Waals surface area contributed by atoms with E-state index < -0.39 is 29.9 Å². The molecule has 0 saturated carbocycles. The van der Waals surface area contributed by atoms with Crippen molar-refractivity contribution in [1.82, 2.24) is 5.32 Å². The van der Waals surface area contributed by atoms with Gasteiger partial charge in [-0.3, -0.25) is 19.8 Å². The van der Waals surface area contributed by atoms with Crippen LogP contribution in [0.15, 0.2) is 127 Å². The average Bonchev–Trinajstić information content (AvgIpc) is 3.16. The van der Waals surface area contributed by atoms with Gasteiger partial charge in [0.1, 0.15) is 18.5 Å². The van der Waals surface area contributed by atoms with Gasteiger partial charge in [0.05, 0.1) is 19.2 Å². The van der Waals surface area contributed by atoms with Gasteiger partial charge in [-0.15, -0.1) is 0 Å². The Morgan fingerprint density at radius 2 is 1.31 bits per heavy atom. The number of carbonyl (C=O) groups is 4. The quantitative estimate of drug-likeness (QED) is 0.0498. The first kappa shape index (κ1) is 39.6. The lowest BCUT2D eigenvalue weighted by molar-refractivity contribution is -0.142. The summed E-state index contributed by atoms with van der Waals surface area (Å²) in [5.74, 6) is -2.68. The number of rotatable bonds is 15. The largest absolute Gasteiger partial charge is 0.493 e. The molecule has 5 aromatic rings. The SMILES string of the molecule is CC(=O)O.COc1cc([C@@H](Nc2ccc(C(=N)N)cc2)C(=O)N[C@H](C(=O)O)c2ccccc2)c(NC(=O)Cc2ccccc2)cc1OCc1ccccc1. The van der Waals surface area contributed by atoms with Crippen LogP contribution in [0.25, 0.3) is 0 Å². The van der Waals surface area contributed by atoms with Crippen LogP contribution >= 0.6 is 0 Å². The van der Waals surface area contributed by atoms with Gasteiger partial charge in [-0.05, 0) is 47.0 Å². The van der Waals surface area contributed by atoms with Crippen LogP contribution in [0, 0.1) is 5.41 Å². The van der Waals surface area contributed by atoms with Gasteiger partial charge in [0, 0.05) is 29.8 Å². The van der Waals surface area contributed by atoms with Gasteiger partial charge >= 0.3 is 5.97 Å². The summed E-state index contributed by atoms with van der Waals surface area (Å²) >= 11 is 0. The standard InChI is InChI=1S/C39H37N5O6.C2H4O2/c1-49-32-22-30(31(43-34(45)21-25-11-5-2-6-12-25)23-33(32)50-24-26-13-7-3-8-14-26)36(42-29-19-17-28(18-20-29)37(40)41)38(46)44-35(39(47)48)27-15-9-4-10-16-27;1-2(3)4/h2-20,22-23,35-36,42H,21,24H2,1H3,(H3,40,41)(H,43,45)(H,44,46)(H,47,48);1H3,(H,3,4)/t35-,36+;/m0./s1. The second-order valence-electron chi connectivity index (χ2n) is 11.9. The van der Waals surface area contributed by atoms with Gasteiger partial charge < -0.3 is 41.4 Å². The molecule has 5 rings (SSSR count). The number of amidine groups is 1. The molecule has 0 aliphatic heterocycles. The van der Waals surface area contributed by atoms with Gasteiger partial charge in [-0.2, -0.15) is 0 Å². The Balaban J connectivity index is 0.00000155. The number of methoxy groups -OCH3 is 1. The second kappa shape index (κ2) is 19.5. The minimum absolute atomic E-state index is 0.0540. The molecule has 0 heterocycles. The highest BCUT2D eigenvalue weighted by molar-refractivity contribution is 5.97. The third-order valence-corrected chi connectivity index (χ3v) is 7.80. The van der Waals surface area contributed by atoms with E-state index in [1.807, 2.05) is 60.7 Å². The van der Waals surface area contributed by atoms with Crippen LogP contribution in [0.3, 0.4) is 0 Å². The van der Waals surface area contributed by atoms with E-state index in [2.05, 4.69) is 16.0 Å². The smallest absolute Gasteiger partial charge is 0.330 e. The molecule has 0 bridgehead atoms. The Morgan fingerprint density at radius 3 is 1.85 bits per heavy atom. The van der Waals surface area contributed by atoms with Gasteiger partial charge in [-0.1, -0.05) is 91.0 Å². The number of carboxylic acids is 2. The van der Waals surface area contributed by atoms with Gasteiger partial charge in [0.2, 0.25) is 11.8 Å². The summed E-state index contributed by atoms with van der Waals surface area (Å²) in [6.45, 7) is 1.29. The number of anilines is 2. The highest BCUT2D eigenvalue weighted by atomic mass is 16.5. The number of nitrogens with two attached hydrogens (primary N) is 1. The molecule has 0 radical (unpaired) electrons. The molecule has 5 aromatic carbocycles. The number of nitrogen functional groups attached to an aromatic ring is 1. The zero-order valence-electron chi connectivity index (χ0n) is 29.6. The number of hydrogen-bond acceptors (Lipinski definition) is 8. The Hall–Kier alpha value is -7.15. The van der Waals surface area contributed by atoms with E-state index >= 15 is 0 Å². The summed E-state index contributed by atoms with van der Waals surface area (Å²) in [6.07, 6.45) is 0.0540. The van der Waals surface area contributed by atoms with Crippen molar-refractivity contribution < 1.29 is 38.9 Å². The average molecular weight is 732 g/mol. The predicted molar refractivity (Wildman–Crippen MR) is 205 cm³/mol. The third kappa shape index (κ3) is 11.7. The molecule has 0 spiro atoms. The number of benzene rings is 5. The number of hydrogen-bond donors (Lipinski definition) is 7. The molecular weight excluding hydrogens is 690 g/mol. The fourth-order valence-corrected chi connectivity index (χ4v) is 5.26. The van der Waals surface area contributed by atoms with Crippen molar-refractivity contribution in [2.45, 2.75) is 32.0 Å². The van der Waals surface area contributed by atoms with Gasteiger partial charge in [0.25, 0.3) is 5.97 Å². The predicted octanol–water partition coefficient (Wildman–Crippen LogP) is 5.93. The minimum Gasteiger partial charge on any atom is -0.493 e. The third-order valence-electron chi connectivity index (χ3n) is 7.80. The second-order valence-corrected chi connectivity index (χ2v) is 11.9. The highest BCUT2D eigenvalue weighted by Crippen LogP contribution is 2.38. The molecular formula is C41H41N5O8. The van der Waals surface area contributed by atoms with E-state index in [9.17, 15) is 19.5 Å². The summed E-state index contributed by atoms with van der Waals surface area (Å²) in [7, 11) is 1.46. The van der Waals surface area contributed by atoms with Crippen LogP contribution in [-0.4, -0.2) is 46.9 Å². The van der Waals surface area contributed by atoms with Crippen LogP contribution in [-0.2, 0) is 32.2 Å². The summed E-state index contributed by atoms with van der Waals surface area (Å²) < 4.78 is 11.9. The zero-order chi connectivity index (χ0) is 39.0. The Bertz CT molecular complexity index is 2040. The molecule has 0 aliphatic rings. The fourth-order valence-electron chi connectivity index (χ4n) is 5.26. The van der Waals surface area contributed by atoms with Crippen molar-refractivity contribution in [3.05, 3.63) is 155 Å². The number of amides is 2. The van der Waals surface area contributed by atoms with Crippen LogP contribution in [0.2, 0.25) is 0 Å². The maximum Gasteiger partial charge on any atom is 0.330 e. The molecule has 0 fully saturated rings. The molecule has 0 unspecified atom stereocenters. The molecule has 0 saturated heterocycles. The van der Waals surface area contributed by atoms with Crippen molar-refractivity contribution >= 4 is 41.0 Å². The van der Waals surface area contributed by atoms with E-state index in [1.165, 1.54) is 7.11 Å². The molecule has 2 amide bonds. The van der Waals surface area contributed by atoms with E-state index in [4.69, 9.17) is 30.5 Å². The first-order valence-electron chi connectivity index (χ1n) is 16.7. The summed E-state index contributed by atoms with van der Waals surface area (Å²) in [6, 6.07) is 34.1. The van der Waals surface area contributed by atoms with E-state index in [1.54, 1.807) is 66.7 Å². The number of carboxylic acid groups (broad SMARTS) is 2. The fraction of sp³-hybridized carbons (Fsp3) is 0.146. The zero-order valence-corrected chi connectivity index (χ0v) is 29.6. The van der Waals surface area contributed by atoms with Crippen LogP contribution in [0.1, 0.15) is 46.8 Å². The maximum absolute atomic E-state index is 14.3. The molecule has 13 nitrogen and oxygen atoms in total. The Morgan fingerprint density at radius 1 is 0.759 bits per heavy atom. The van der Waals surface area contributed by atoms with Gasteiger partial charge in [-0.25, -0.2) is 4.79 Å². The minimum atomic E-state index is -1.38. The topological polar surface area (TPSA) is 213 Å². The first-order valence-corrected chi connectivity index (χ1v) is 16.7. The summed E-state index contributed by atoms with van der Waals surface area (Å²) in [4.78, 5) is 49.1. The monoisotopic (exact) mass is 731 g/mol. The summed E-state index contributed by atoms with van der Waals surface area (Å²) in [5, 5.41) is 34.1.